The van der Waals surface area contributed by atoms with Crippen LogP contribution in [0.15, 0.2) is 58.6 Å². The van der Waals surface area contributed by atoms with Crippen LogP contribution in [-0.2, 0) is 10.0 Å². The molecule has 1 fully saturated rings. The van der Waals surface area contributed by atoms with Crippen LogP contribution < -0.4 is 0 Å². The Morgan fingerprint density at radius 2 is 1.77 bits per heavy atom. The van der Waals surface area contributed by atoms with Crippen LogP contribution in [0.25, 0.3) is 11.0 Å². The molecule has 2 heterocycles. The Balaban J connectivity index is 1.41. The molecule has 7 heteroatoms. The maximum Gasteiger partial charge on any atom is 0.243 e. The molecule has 4 rings (SSSR count). The van der Waals surface area contributed by atoms with Crippen LogP contribution in [0.3, 0.4) is 0 Å². The summed E-state index contributed by atoms with van der Waals surface area (Å²) in [5.74, 6) is 0. The molecule has 0 unspecified atom stereocenters. The molecule has 3 aromatic rings. The minimum Gasteiger partial charge on any atom is -0.333 e. The zero-order valence-electron chi connectivity index (χ0n) is 14.6. The lowest BCUT2D eigenvalue weighted by Gasteiger charge is -2.30. The fourth-order valence-corrected chi connectivity index (χ4v) is 5.74. The molecular weight excluding hydrogens is 366 g/mol. The second kappa shape index (κ2) is 7.06. The number of para-hydroxylation sites is 2. The van der Waals surface area contributed by atoms with Crippen LogP contribution in [0.1, 0.15) is 18.4 Å². The van der Waals surface area contributed by atoms with Gasteiger partial charge in [-0.2, -0.15) is 4.31 Å². The molecule has 136 valence electrons. The Hall–Kier alpha value is -1.83. The summed E-state index contributed by atoms with van der Waals surface area (Å²) >= 11 is 1.71. The van der Waals surface area contributed by atoms with Gasteiger partial charge in [0.1, 0.15) is 0 Å². The maximum absolute atomic E-state index is 12.8. The quantitative estimate of drug-likeness (QED) is 0.739. The highest BCUT2D eigenvalue weighted by atomic mass is 32.2. The highest BCUT2D eigenvalue weighted by molar-refractivity contribution is 7.99. The molecule has 1 aromatic heterocycles. The molecule has 0 spiro atoms. The molecule has 0 bridgehead atoms. The van der Waals surface area contributed by atoms with E-state index in [0.717, 1.165) is 34.6 Å². The van der Waals surface area contributed by atoms with Gasteiger partial charge in [0.25, 0.3) is 0 Å². The predicted octanol–water partition coefficient (Wildman–Crippen LogP) is 3.82. The number of aromatic amines is 1. The van der Waals surface area contributed by atoms with Gasteiger partial charge in [-0.25, -0.2) is 13.4 Å². The number of nitrogens with one attached hydrogen (secondary N) is 1. The molecule has 26 heavy (non-hydrogen) atoms. The van der Waals surface area contributed by atoms with Crippen LogP contribution >= 0.6 is 11.8 Å². The van der Waals surface area contributed by atoms with Crippen LogP contribution in [-0.4, -0.2) is 41.0 Å². The van der Waals surface area contributed by atoms with E-state index in [1.807, 2.05) is 43.3 Å². The van der Waals surface area contributed by atoms with Crippen molar-refractivity contribution in [3.8, 4) is 0 Å². The van der Waals surface area contributed by atoms with Gasteiger partial charge in [0, 0.05) is 18.3 Å². The number of hydrogen-bond donors (Lipinski definition) is 1. The van der Waals surface area contributed by atoms with Gasteiger partial charge in [0.15, 0.2) is 5.16 Å². The van der Waals surface area contributed by atoms with Crippen LogP contribution in [0.4, 0.5) is 0 Å². The van der Waals surface area contributed by atoms with E-state index >= 15 is 0 Å². The molecule has 2 aromatic carbocycles. The Labute approximate surface area is 157 Å². The predicted molar refractivity (Wildman–Crippen MR) is 105 cm³/mol. The number of piperidine rings is 1. The molecule has 1 N–H and O–H groups in total. The number of rotatable bonds is 4. The lowest BCUT2D eigenvalue weighted by molar-refractivity contribution is 0.352. The topological polar surface area (TPSA) is 66.1 Å². The Morgan fingerprint density at radius 3 is 2.46 bits per heavy atom. The number of aryl methyl sites for hydroxylation is 1. The fourth-order valence-electron chi connectivity index (χ4n) is 3.19. The van der Waals surface area contributed by atoms with Gasteiger partial charge in [-0.05, 0) is 44.0 Å². The first-order valence-corrected chi connectivity index (χ1v) is 11.0. The van der Waals surface area contributed by atoms with E-state index in [1.165, 1.54) is 0 Å². The van der Waals surface area contributed by atoms with Gasteiger partial charge in [0.05, 0.1) is 15.9 Å². The molecule has 5 nitrogen and oxygen atoms in total. The summed E-state index contributed by atoms with van der Waals surface area (Å²) in [6.07, 6.45) is 1.65. The van der Waals surface area contributed by atoms with Crippen molar-refractivity contribution < 1.29 is 8.42 Å². The first-order valence-electron chi connectivity index (χ1n) is 8.70. The average molecular weight is 388 g/mol. The van der Waals surface area contributed by atoms with Crippen molar-refractivity contribution in [1.82, 2.24) is 14.3 Å². The number of sulfonamides is 1. The molecule has 1 aliphatic rings. The minimum absolute atomic E-state index is 0.375. The highest BCUT2D eigenvalue weighted by Crippen LogP contribution is 2.31. The van der Waals surface area contributed by atoms with E-state index < -0.39 is 10.0 Å². The number of hydrogen-bond acceptors (Lipinski definition) is 4. The Kier molecular flexibility index (Phi) is 4.77. The summed E-state index contributed by atoms with van der Waals surface area (Å²) < 4.78 is 27.2. The highest BCUT2D eigenvalue weighted by Gasteiger charge is 2.30. The molecule has 1 saturated heterocycles. The standard InChI is InChI=1S/C19H21N3O2S2/c1-14-6-8-16(9-7-14)26(23,24)22-12-10-15(11-13-22)25-19-20-17-4-2-3-5-18(17)21-19/h2-9,15H,10-13H2,1H3,(H,20,21). The summed E-state index contributed by atoms with van der Waals surface area (Å²) in [6.45, 7) is 3.05. The van der Waals surface area contributed by atoms with Crippen LogP contribution in [0.2, 0.25) is 0 Å². The van der Waals surface area contributed by atoms with Crippen molar-refractivity contribution in [2.45, 2.75) is 35.1 Å². The van der Waals surface area contributed by atoms with Gasteiger partial charge in [-0.1, -0.05) is 41.6 Å². The van der Waals surface area contributed by atoms with Crippen molar-refractivity contribution >= 4 is 32.8 Å². The third kappa shape index (κ3) is 3.51. The van der Waals surface area contributed by atoms with Crippen molar-refractivity contribution in [2.75, 3.05) is 13.1 Å². The maximum atomic E-state index is 12.8. The number of aromatic nitrogens is 2. The SMILES string of the molecule is Cc1ccc(S(=O)(=O)N2CCC(Sc3nc4ccccc4[nH]3)CC2)cc1. The summed E-state index contributed by atoms with van der Waals surface area (Å²) in [6, 6.07) is 15.1. The van der Waals surface area contributed by atoms with Crippen molar-refractivity contribution in [3.63, 3.8) is 0 Å². The normalized spacial score (nSPS) is 17.0. The Morgan fingerprint density at radius 1 is 1.08 bits per heavy atom. The third-order valence-electron chi connectivity index (χ3n) is 4.71. The molecular formula is C19H21N3O2S2. The number of nitrogens with zero attached hydrogens (tertiary/aromatic N) is 2. The van der Waals surface area contributed by atoms with Gasteiger partial charge in [-0.15, -0.1) is 0 Å². The smallest absolute Gasteiger partial charge is 0.243 e. The molecule has 0 atom stereocenters. The minimum atomic E-state index is -3.39. The van der Waals surface area contributed by atoms with Crippen LogP contribution in [0.5, 0.6) is 0 Å². The number of H-pyrrole nitrogens is 1. The van der Waals surface area contributed by atoms with E-state index in [9.17, 15) is 8.42 Å². The number of imidazole rings is 1. The molecule has 0 aliphatic carbocycles. The van der Waals surface area contributed by atoms with Crippen LogP contribution in [0, 0.1) is 6.92 Å². The van der Waals surface area contributed by atoms with Crippen molar-refractivity contribution in [2.24, 2.45) is 0 Å². The second-order valence-corrected chi connectivity index (χ2v) is 9.82. The van der Waals surface area contributed by atoms with E-state index in [4.69, 9.17) is 0 Å². The Bertz CT molecular complexity index is 972. The molecule has 0 amide bonds. The van der Waals surface area contributed by atoms with Gasteiger partial charge >= 0.3 is 0 Å². The zero-order chi connectivity index (χ0) is 18.1. The molecule has 0 saturated carbocycles. The molecule has 1 aliphatic heterocycles. The summed E-state index contributed by atoms with van der Waals surface area (Å²) in [4.78, 5) is 8.32. The average Bonchev–Trinajstić information content (AvgIpc) is 3.05. The molecule has 0 radical (unpaired) electrons. The third-order valence-corrected chi connectivity index (χ3v) is 7.84. The number of thioether (sulfide) groups is 1. The summed E-state index contributed by atoms with van der Waals surface area (Å²) in [5, 5.41) is 1.28. The second-order valence-electron chi connectivity index (χ2n) is 6.59. The number of fused-ring (bicyclic) bond motifs is 1. The number of benzene rings is 2. The first-order chi connectivity index (χ1) is 12.5. The largest absolute Gasteiger partial charge is 0.333 e. The van der Waals surface area contributed by atoms with Crippen molar-refractivity contribution in [1.29, 1.82) is 0 Å². The van der Waals surface area contributed by atoms with Gasteiger partial charge < -0.3 is 4.98 Å². The summed E-state index contributed by atoms with van der Waals surface area (Å²) in [7, 11) is -3.39. The monoisotopic (exact) mass is 387 g/mol. The zero-order valence-corrected chi connectivity index (χ0v) is 16.2. The fraction of sp³-hybridized carbons (Fsp3) is 0.316. The lowest BCUT2D eigenvalue weighted by atomic mass is 10.2. The lowest BCUT2D eigenvalue weighted by Crippen LogP contribution is -2.39. The first kappa shape index (κ1) is 17.6. The van der Waals surface area contributed by atoms with E-state index in [0.29, 0.717) is 23.2 Å². The van der Waals surface area contributed by atoms with Crippen molar-refractivity contribution in [3.05, 3.63) is 54.1 Å². The van der Waals surface area contributed by atoms with E-state index in [1.54, 1.807) is 28.2 Å². The summed E-state index contributed by atoms with van der Waals surface area (Å²) in [5.41, 5.74) is 3.06. The van der Waals surface area contributed by atoms with Gasteiger partial charge in [0.2, 0.25) is 10.0 Å². The van der Waals surface area contributed by atoms with Gasteiger partial charge in [-0.3, -0.25) is 0 Å². The van der Waals surface area contributed by atoms with E-state index in [2.05, 4.69) is 9.97 Å². The van der Waals surface area contributed by atoms with E-state index in [-0.39, 0.29) is 0 Å².